The molecular weight excluding hydrogens is 260 g/mol. The van der Waals surface area contributed by atoms with Gasteiger partial charge in [-0.25, -0.2) is 0 Å². The van der Waals surface area contributed by atoms with Gasteiger partial charge in [-0.3, -0.25) is 20.4 Å². The Morgan fingerprint density at radius 2 is 2.05 bits per heavy atom. The van der Waals surface area contributed by atoms with Gasteiger partial charge in [0, 0.05) is 10.8 Å². The van der Waals surface area contributed by atoms with Gasteiger partial charge in [-0.05, 0) is 43.7 Å². The second kappa shape index (κ2) is 6.19. The highest BCUT2D eigenvalue weighted by molar-refractivity contribution is 7.14. The first-order valence-electron chi connectivity index (χ1n) is 6.83. The summed E-state index contributed by atoms with van der Waals surface area (Å²) in [5, 5.41) is 0. The topological polar surface area (TPSA) is 58.2 Å². The summed E-state index contributed by atoms with van der Waals surface area (Å²) in [4.78, 5) is 25.6. The Labute approximate surface area is 117 Å². The van der Waals surface area contributed by atoms with E-state index in [4.69, 9.17) is 0 Å². The number of hydrazine groups is 1. The number of thiophene rings is 1. The number of nitrogens with one attached hydrogen (secondary N) is 2. The van der Waals surface area contributed by atoms with E-state index in [0.29, 0.717) is 4.88 Å². The monoisotopic (exact) mass is 280 g/mol. The SMILES string of the molecule is CC[C@@H](C)C(=O)NNC(=O)c1cc2c(s1)CCCC2. The molecule has 19 heavy (non-hydrogen) atoms. The van der Waals surface area contributed by atoms with Crippen LogP contribution in [-0.4, -0.2) is 11.8 Å². The van der Waals surface area contributed by atoms with Gasteiger partial charge in [0.1, 0.15) is 0 Å². The molecule has 1 aromatic rings. The van der Waals surface area contributed by atoms with Gasteiger partial charge in [0.25, 0.3) is 5.91 Å². The van der Waals surface area contributed by atoms with Gasteiger partial charge in [0.15, 0.2) is 0 Å². The number of carbonyl (C=O) groups is 2. The molecule has 1 aromatic heterocycles. The molecule has 1 aliphatic carbocycles. The van der Waals surface area contributed by atoms with Gasteiger partial charge >= 0.3 is 0 Å². The summed E-state index contributed by atoms with van der Waals surface area (Å²) in [6.07, 6.45) is 5.31. The molecule has 0 aliphatic heterocycles. The van der Waals surface area contributed by atoms with E-state index in [-0.39, 0.29) is 17.7 Å². The van der Waals surface area contributed by atoms with Gasteiger partial charge < -0.3 is 0 Å². The average Bonchev–Trinajstić information content (AvgIpc) is 2.87. The maximum absolute atomic E-state index is 12.0. The molecule has 4 nitrogen and oxygen atoms in total. The molecule has 0 saturated carbocycles. The minimum Gasteiger partial charge on any atom is -0.273 e. The molecule has 2 rings (SSSR count). The van der Waals surface area contributed by atoms with E-state index in [1.54, 1.807) is 11.3 Å². The highest BCUT2D eigenvalue weighted by Gasteiger charge is 2.18. The third-order valence-corrected chi connectivity index (χ3v) is 4.82. The molecule has 2 amide bonds. The van der Waals surface area contributed by atoms with Crippen LogP contribution in [0.2, 0.25) is 0 Å². The van der Waals surface area contributed by atoms with Crippen LogP contribution in [0.1, 0.15) is 53.2 Å². The predicted molar refractivity (Wildman–Crippen MR) is 76.0 cm³/mol. The van der Waals surface area contributed by atoms with Crippen LogP contribution in [0.3, 0.4) is 0 Å². The molecule has 2 N–H and O–H groups in total. The molecule has 104 valence electrons. The lowest BCUT2D eigenvalue weighted by molar-refractivity contribution is -0.125. The Kier molecular flexibility index (Phi) is 4.58. The number of fused-ring (bicyclic) bond motifs is 1. The maximum Gasteiger partial charge on any atom is 0.279 e. The first kappa shape index (κ1) is 14.1. The van der Waals surface area contributed by atoms with Crippen molar-refractivity contribution >= 4 is 23.2 Å². The Morgan fingerprint density at radius 3 is 2.74 bits per heavy atom. The molecule has 0 saturated heterocycles. The molecule has 1 aliphatic rings. The Morgan fingerprint density at radius 1 is 1.32 bits per heavy atom. The second-order valence-corrected chi connectivity index (χ2v) is 6.16. The van der Waals surface area contributed by atoms with Gasteiger partial charge in [0.2, 0.25) is 5.91 Å². The Balaban J connectivity index is 1.93. The molecule has 1 heterocycles. The first-order chi connectivity index (χ1) is 9.11. The minimum absolute atomic E-state index is 0.0863. The molecule has 0 unspecified atom stereocenters. The zero-order valence-corrected chi connectivity index (χ0v) is 12.2. The van der Waals surface area contributed by atoms with Crippen LogP contribution in [0.5, 0.6) is 0 Å². The van der Waals surface area contributed by atoms with E-state index < -0.39 is 0 Å². The van der Waals surface area contributed by atoms with Crippen molar-refractivity contribution in [1.29, 1.82) is 0 Å². The maximum atomic E-state index is 12.0. The number of hydrogen-bond donors (Lipinski definition) is 2. The molecule has 1 atom stereocenters. The highest BCUT2D eigenvalue weighted by Crippen LogP contribution is 2.29. The van der Waals surface area contributed by atoms with Crippen molar-refractivity contribution < 1.29 is 9.59 Å². The van der Waals surface area contributed by atoms with E-state index >= 15 is 0 Å². The lowest BCUT2D eigenvalue weighted by Gasteiger charge is -2.10. The number of hydrogen-bond acceptors (Lipinski definition) is 3. The molecule has 0 spiro atoms. The smallest absolute Gasteiger partial charge is 0.273 e. The van der Waals surface area contributed by atoms with Crippen molar-refractivity contribution in [1.82, 2.24) is 10.9 Å². The van der Waals surface area contributed by atoms with Crippen LogP contribution in [0.4, 0.5) is 0 Å². The summed E-state index contributed by atoms with van der Waals surface area (Å²) in [7, 11) is 0. The van der Waals surface area contributed by atoms with E-state index in [1.807, 2.05) is 19.9 Å². The fraction of sp³-hybridized carbons (Fsp3) is 0.571. The zero-order valence-electron chi connectivity index (χ0n) is 11.4. The summed E-state index contributed by atoms with van der Waals surface area (Å²) in [5.41, 5.74) is 6.28. The summed E-state index contributed by atoms with van der Waals surface area (Å²) >= 11 is 1.55. The standard InChI is InChI=1S/C14H20N2O2S/c1-3-9(2)13(17)15-16-14(18)12-8-10-6-4-5-7-11(10)19-12/h8-9H,3-7H2,1-2H3,(H,15,17)(H,16,18)/t9-/m1/s1. The van der Waals surface area contributed by atoms with Crippen molar-refractivity contribution in [2.75, 3.05) is 0 Å². The zero-order chi connectivity index (χ0) is 13.8. The Hall–Kier alpha value is -1.36. The third-order valence-electron chi connectivity index (χ3n) is 3.58. The summed E-state index contributed by atoms with van der Waals surface area (Å²) < 4.78 is 0. The van der Waals surface area contributed by atoms with Crippen molar-refractivity contribution in [3.05, 3.63) is 21.4 Å². The highest BCUT2D eigenvalue weighted by atomic mass is 32.1. The minimum atomic E-state index is -0.212. The van der Waals surface area contributed by atoms with Gasteiger partial charge in [-0.15, -0.1) is 11.3 Å². The van der Waals surface area contributed by atoms with Crippen LogP contribution >= 0.6 is 11.3 Å². The fourth-order valence-corrected chi connectivity index (χ4v) is 3.24. The average molecular weight is 280 g/mol. The molecule has 0 aromatic carbocycles. The Bertz CT molecular complexity index is 458. The number of carbonyl (C=O) groups excluding carboxylic acids is 2. The number of aryl methyl sites for hydroxylation is 2. The number of amides is 2. The van der Waals surface area contributed by atoms with Crippen LogP contribution in [0.15, 0.2) is 6.07 Å². The van der Waals surface area contributed by atoms with Gasteiger partial charge in [0.05, 0.1) is 4.88 Å². The predicted octanol–water partition coefficient (Wildman–Crippen LogP) is 2.43. The van der Waals surface area contributed by atoms with Crippen molar-refractivity contribution in [3.63, 3.8) is 0 Å². The van der Waals surface area contributed by atoms with Gasteiger partial charge in [-0.1, -0.05) is 13.8 Å². The molecule has 0 bridgehead atoms. The van der Waals surface area contributed by atoms with Crippen LogP contribution < -0.4 is 10.9 Å². The van der Waals surface area contributed by atoms with E-state index in [1.165, 1.54) is 23.3 Å². The van der Waals surface area contributed by atoms with E-state index in [9.17, 15) is 9.59 Å². The molecule has 0 fully saturated rings. The van der Waals surface area contributed by atoms with E-state index in [0.717, 1.165) is 19.3 Å². The lowest BCUT2D eigenvalue weighted by atomic mass is 9.99. The summed E-state index contributed by atoms with van der Waals surface area (Å²) in [5.74, 6) is -0.440. The number of rotatable bonds is 3. The van der Waals surface area contributed by atoms with Crippen molar-refractivity contribution in [2.24, 2.45) is 5.92 Å². The van der Waals surface area contributed by atoms with Crippen LogP contribution in [-0.2, 0) is 17.6 Å². The first-order valence-corrected chi connectivity index (χ1v) is 7.65. The normalized spacial score (nSPS) is 15.5. The fourth-order valence-electron chi connectivity index (χ4n) is 2.09. The molecule has 5 heteroatoms. The molecule has 0 radical (unpaired) electrons. The lowest BCUT2D eigenvalue weighted by Crippen LogP contribution is -2.43. The van der Waals surface area contributed by atoms with E-state index in [2.05, 4.69) is 10.9 Å². The van der Waals surface area contributed by atoms with Gasteiger partial charge in [-0.2, -0.15) is 0 Å². The van der Waals surface area contributed by atoms with Crippen molar-refractivity contribution in [3.8, 4) is 0 Å². The molecular formula is C14H20N2O2S. The summed E-state index contributed by atoms with van der Waals surface area (Å²) in [6, 6.07) is 1.96. The quantitative estimate of drug-likeness (QED) is 0.835. The largest absolute Gasteiger partial charge is 0.279 e. The van der Waals surface area contributed by atoms with Crippen molar-refractivity contribution in [2.45, 2.75) is 46.0 Å². The van der Waals surface area contributed by atoms with Crippen LogP contribution in [0, 0.1) is 5.92 Å². The second-order valence-electron chi connectivity index (χ2n) is 5.02. The third kappa shape index (κ3) is 3.35. The van der Waals surface area contributed by atoms with Crippen LogP contribution in [0.25, 0.3) is 0 Å². The summed E-state index contributed by atoms with van der Waals surface area (Å²) in [6.45, 7) is 3.78.